The van der Waals surface area contributed by atoms with Gasteiger partial charge in [0.05, 0.1) is 0 Å². The molecular formula is C16H27BrN2. The first kappa shape index (κ1) is 16.5. The fraction of sp³-hybridized carbons (Fsp3) is 0.625. The molecule has 0 fully saturated rings. The van der Waals surface area contributed by atoms with Gasteiger partial charge in [-0.1, -0.05) is 35.7 Å². The van der Waals surface area contributed by atoms with Crippen molar-refractivity contribution in [3.05, 3.63) is 28.2 Å². The van der Waals surface area contributed by atoms with Crippen molar-refractivity contribution in [3.63, 3.8) is 0 Å². The molecule has 0 spiro atoms. The zero-order chi connectivity index (χ0) is 14.4. The van der Waals surface area contributed by atoms with Crippen molar-refractivity contribution in [2.45, 2.75) is 59.0 Å². The van der Waals surface area contributed by atoms with Crippen LogP contribution in [0.3, 0.4) is 0 Å². The molecule has 0 aliphatic rings. The highest BCUT2D eigenvalue weighted by Gasteiger charge is 2.16. The minimum absolute atomic E-state index is 0.0555. The number of nitrogens with zero attached hydrogens (tertiary/aromatic N) is 1. The molecule has 2 nitrogen and oxygen atoms in total. The van der Waals surface area contributed by atoms with Crippen molar-refractivity contribution in [3.8, 4) is 0 Å². The van der Waals surface area contributed by atoms with Crippen LogP contribution in [0.5, 0.6) is 0 Å². The summed E-state index contributed by atoms with van der Waals surface area (Å²) in [6, 6.07) is 7.00. The lowest BCUT2D eigenvalue weighted by Gasteiger charge is -2.32. The average molecular weight is 327 g/mol. The van der Waals surface area contributed by atoms with Crippen LogP contribution in [-0.4, -0.2) is 12.6 Å². The summed E-state index contributed by atoms with van der Waals surface area (Å²) in [6.07, 6.45) is 3.78. The first-order valence-electron chi connectivity index (χ1n) is 7.29. The predicted octanol–water partition coefficient (Wildman–Crippen LogP) is 4.87. The molecule has 1 atom stereocenters. The number of nitrogens with two attached hydrogens (primary N) is 1. The Morgan fingerprint density at radius 3 is 2.42 bits per heavy atom. The Morgan fingerprint density at radius 2 is 1.89 bits per heavy atom. The topological polar surface area (TPSA) is 29.3 Å². The lowest BCUT2D eigenvalue weighted by molar-refractivity contribution is 0.621. The Hall–Kier alpha value is -0.540. The Morgan fingerprint density at radius 1 is 1.21 bits per heavy atom. The van der Waals surface area contributed by atoms with Gasteiger partial charge in [-0.25, -0.2) is 0 Å². The molecule has 1 unspecified atom stereocenters. The third kappa shape index (κ3) is 4.81. The maximum absolute atomic E-state index is 6.13. The van der Waals surface area contributed by atoms with Crippen LogP contribution in [0.4, 0.5) is 5.69 Å². The quantitative estimate of drug-likeness (QED) is 0.724. The minimum atomic E-state index is 0.0555. The second kappa shape index (κ2) is 7.91. The van der Waals surface area contributed by atoms with E-state index in [2.05, 4.69) is 66.7 Å². The van der Waals surface area contributed by atoms with Crippen molar-refractivity contribution < 1.29 is 0 Å². The Kier molecular flexibility index (Phi) is 6.87. The SMILES string of the molecule is CCCCCN(c1ccc(Br)cc1C(C)N)C(C)C. The number of hydrogen-bond donors (Lipinski definition) is 1. The van der Waals surface area contributed by atoms with E-state index in [0.717, 1.165) is 11.0 Å². The van der Waals surface area contributed by atoms with Gasteiger partial charge in [0.1, 0.15) is 0 Å². The highest BCUT2D eigenvalue weighted by Crippen LogP contribution is 2.30. The molecule has 0 aliphatic heterocycles. The van der Waals surface area contributed by atoms with Gasteiger partial charge in [0.2, 0.25) is 0 Å². The van der Waals surface area contributed by atoms with E-state index in [1.165, 1.54) is 30.5 Å². The molecule has 1 rings (SSSR count). The molecule has 108 valence electrons. The van der Waals surface area contributed by atoms with E-state index in [1.54, 1.807) is 0 Å². The smallest absolute Gasteiger partial charge is 0.0417 e. The Bertz CT molecular complexity index is 388. The summed E-state index contributed by atoms with van der Waals surface area (Å²) < 4.78 is 1.10. The number of unbranched alkanes of at least 4 members (excludes halogenated alkanes) is 2. The molecule has 0 saturated carbocycles. The van der Waals surface area contributed by atoms with Crippen LogP contribution in [0.25, 0.3) is 0 Å². The molecule has 3 heteroatoms. The molecular weight excluding hydrogens is 300 g/mol. The van der Waals surface area contributed by atoms with E-state index < -0.39 is 0 Å². The minimum Gasteiger partial charge on any atom is -0.369 e. The summed E-state index contributed by atoms with van der Waals surface area (Å²) in [5.74, 6) is 0. The fourth-order valence-electron chi connectivity index (χ4n) is 2.34. The van der Waals surface area contributed by atoms with Gasteiger partial charge < -0.3 is 10.6 Å². The maximum Gasteiger partial charge on any atom is 0.0417 e. The molecule has 0 amide bonds. The number of hydrogen-bond acceptors (Lipinski definition) is 2. The lowest BCUT2D eigenvalue weighted by atomic mass is 10.0. The predicted molar refractivity (Wildman–Crippen MR) is 88.8 cm³/mol. The lowest BCUT2D eigenvalue weighted by Crippen LogP contribution is -2.33. The molecule has 2 N–H and O–H groups in total. The molecule has 1 aromatic carbocycles. The van der Waals surface area contributed by atoms with Gasteiger partial charge in [-0.2, -0.15) is 0 Å². The van der Waals surface area contributed by atoms with Crippen molar-refractivity contribution >= 4 is 21.6 Å². The van der Waals surface area contributed by atoms with Crippen LogP contribution >= 0.6 is 15.9 Å². The second-order valence-electron chi connectivity index (χ2n) is 5.49. The van der Waals surface area contributed by atoms with E-state index in [1.807, 2.05) is 0 Å². The summed E-state index contributed by atoms with van der Waals surface area (Å²) in [4.78, 5) is 2.47. The van der Waals surface area contributed by atoms with Gasteiger partial charge in [0.25, 0.3) is 0 Å². The molecule has 0 aromatic heterocycles. The number of benzene rings is 1. The van der Waals surface area contributed by atoms with E-state index in [9.17, 15) is 0 Å². The third-order valence-electron chi connectivity index (χ3n) is 3.42. The van der Waals surface area contributed by atoms with Crippen molar-refractivity contribution in [2.24, 2.45) is 5.73 Å². The largest absolute Gasteiger partial charge is 0.369 e. The van der Waals surface area contributed by atoms with Crippen LogP contribution in [0, 0.1) is 0 Å². The zero-order valence-corrected chi connectivity index (χ0v) is 14.2. The molecule has 0 heterocycles. The molecule has 0 radical (unpaired) electrons. The van der Waals surface area contributed by atoms with E-state index in [4.69, 9.17) is 5.73 Å². The van der Waals surface area contributed by atoms with Crippen LogP contribution in [0.1, 0.15) is 58.6 Å². The molecule has 0 bridgehead atoms. The van der Waals surface area contributed by atoms with Crippen LogP contribution in [0.2, 0.25) is 0 Å². The van der Waals surface area contributed by atoms with Crippen molar-refractivity contribution in [1.29, 1.82) is 0 Å². The summed E-state index contributed by atoms with van der Waals surface area (Å²) in [5.41, 5.74) is 8.63. The van der Waals surface area contributed by atoms with Crippen LogP contribution in [0.15, 0.2) is 22.7 Å². The highest BCUT2D eigenvalue weighted by atomic mass is 79.9. The van der Waals surface area contributed by atoms with Crippen LogP contribution in [-0.2, 0) is 0 Å². The Balaban J connectivity index is 3.01. The van der Waals surface area contributed by atoms with Crippen molar-refractivity contribution in [2.75, 3.05) is 11.4 Å². The Labute approximate surface area is 126 Å². The zero-order valence-electron chi connectivity index (χ0n) is 12.6. The number of halogens is 1. The highest BCUT2D eigenvalue weighted by molar-refractivity contribution is 9.10. The second-order valence-corrected chi connectivity index (χ2v) is 6.40. The van der Waals surface area contributed by atoms with E-state index in [0.29, 0.717) is 6.04 Å². The van der Waals surface area contributed by atoms with Gasteiger partial charge in [0, 0.05) is 28.8 Å². The van der Waals surface area contributed by atoms with Gasteiger partial charge >= 0.3 is 0 Å². The summed E-state index contributed by atoms with van der Waals surface area (Å²) in [5, 5.41) is 0. The maximum atomic E-state index is 6.13. The third-order valence-corrected chi connectivity index (χ3v) is 3.91. The summed E-state index contributed by atoms with van der Waals surface area (Å²) in [6.45, 7) is 9.90. The summed E-state index contributed by atoms with van der Waals surface area (Å²) >= 11 is 3.54. The van der Waals surface area contributed by atoms with Gasteiger partial charge in [-0.05, 0) is 51.0 Å². The standard InChI is InChI=1S/C16H27BrN2/c1-5-6-7-10-19(12(2)3)16-9-8-14(17)11-15(16)13(4)18/h8-9,11-13H,5-7,10,18H2,1-4H3. The van der Waals surface area contributed by atoms with E-state index >= 15 is 0 Å². The first-order valence-corrected chi connectivity index (χ1v) is 8.08. The van der Waals surface area contributed by atoms with Gasteiger partial charge in [-0.3, -0.25) is 0 Å². The molecule has 0 aliphatic carbocycles. The molecule has 1 aromatic rings. The molecule has 0 saturated heterocycles. The number of rotatable bonds is 7. The van der Waals surface area contributed by atoms with Gasteiger partial charge in [0.15, 0.2) is 0 Å². The monoisotopic (exact) mass is 326 g/mol. The fourth-order valence-corrected chi connectivity index (χ4v) is 2.72. The van der Waals surface area contributed by atoms with E-state index in [-0.39, 0.29) is 6.04 Å². The first-order chi connectivity index (χ1) is 8.97. The van der Waals surface area contributed by atoms with Crippen LogP contribution < -0.4 is 10.6 Å². The molecule has 19 heavy (non-hydrogen) atoms. The number of anilines is 1. The van der Waals surface area contributed by atoms with Crippen molar-refractivity contribution in [1.82, 2.24) is 0 Å². The summed E-state index contributed by atoms with van der Waals surface area (Å²) in [7, 11) is 0. The average Bonchev–Trinajstić information content (AvgIpc) is 2.35. The normalized spacial score (nSPS) is 12.8. The van der Waals surface area contributed by atoms with Gasteiger partial charge in [-0.15, -0.1) is 0 Å².